The van der Waals surface area contributed by atoms with Crippen LogP contribution < -0.4 is 10.2 Å². The Hall–Kier alpha value is -1.99. The van der Waals surface area contributed by atoms with Crippen LogP contribution in [-0.2, 0) is 4.74 Å². The van der Waals surface area contributed by atoms with Crippen molar-refractivity contribution in [3.8, 4) is 0 Å². The molecule has 3 rings (SSSR count). The molecule has 120 valence electrons. The molecule has 2 heterocycles. The van der Waals surface area contributed by atoms with Crippen LogP contribution in [0.2, 0.25) is 0 Å². The van der Waals surface area contributed by atoms with E-state index in [1.165, 1.54) is 0 Å². The third kappa shape index (κ3) is 3.86. The summed E-state index contributed by atoms with van der Waals surface area (Å²) < 4.78 is 6.30. The molecule has 0 radical (unpaired) electrons. The minimum atomic E-state index is -0.243. The zero-order valence-corrected chi connectivity index (χ0v) is 14.3. The third-order valence-electron chi connectivity index (χ3n) is 3.61. The number of hydrogen-bond donors (Lipinski definition) is 1. The van der Waals surface area contributed by atoms with Crippen LogP contribution in [0.1, 0.15) is 16.1 Å². The molecule has 6 nitrogen and oxygen atoms in total. The van der Waals surface area contributed by atoms with Crippen LogP contribution in [0.5, 0.6) is 0 Å². The number of amides is 1. The number of aromatic nitrogens is 2. The minimum Gasteiger partial charge on any atom is -0.378 e. The average molecular weight is 377 g/mol. The number of morpholine rings is 1. The van der Waals surface area contributed by atoms with Gasteiger partial charge in [0.1, 0.15) is 5.69 Å². The van der Waals surface area contributed by atoms with Crippen molar-refractivity contribution in [3.63, 3.8) is 0 Å². The molecule has 1 aliphatic heterocycles. The quantitative estimate of drug-likeness (QED) is 0.891. The van der Waals surface area contributed by atoms with Gasteiger partial charge in [0.15, 0.2) is 0 Å². The second-order valence-electron chi connectivity index (χ2n) is 5.25. The maximum absolute atomic E-state index is 12.4. The van der Waals surface area contributed by atoms with Crippen molar-refractivity contribution in [2.75, 3.05) is 36.5 Å². The van der Waals surface area contributed by atoms with Gasteiger partial charge in [-0.15, -0.1) is 0 Å². The monoisotopic (exact) mass is 376 g/mol. The highest BCUT2D eigenvalue weighted by atomic mass is 79.9. The number of benzene rings is 1. The summed E-state index contributed by atoms with van der Waals surface area (Å²) >= 11 is 3.41. The fraction of sp³-hybridized carbons (Fsp3) is 0.312. The van der Waals surface area contributed by atoms with Gasteiger partial charge < -0.3 is 15.0 Å². The fourth-order valence-electron chi connectivity index (χ4n) is 2.34. The first-order valence-corrected chi connectivity index (χ1v) is 8.16. The van der Waals surface area contributed by atoms with Gasteiger partial charge >= 0.3 is 0 Å². The number of halogens is 1. The molecule has 1 amide bonds. The van der Waals surface area contributed by atoms with Gasteiger partial charge in [0.25, 0.3) is 5.91 Å². The first-order chi connectivity index (χ1) is 11.1. The number of nitrogens with one attached hydrogen (secondary N) is 1. The lowest BCUT2D eigenvalue weighted by molar-refractivity contribution is 0.102. The number of nitrogens with zero attached hydrogens (tertiary/aromatic N) is 3. The molecule has 0 spiro atoms. The predicted molar refractivity (Wildman–Crippen MR) is 91.9 cm³/mol. The SMILES string of the molecule is Cc1cc(Br)ccc1NC(=O)c1ccnc(N2CCOCC2)n1. The van der Waals surface area contributed by atoms with Crippen LogP contribution in [0.25, 0.3) is 0 Å². The summed E-state index contributed by atoms with van der Waals surface area (Å²) in [6, 6.07) is 7.32. The van der Waals surface area contributed by atoms with Gasteiger partial charge in [-0.1, -0.05) is 15.9 Å². The number of ether oxygens (including phenoxy) is 1. The van der Waals surface area contributed by atoms with E-state index in [0.29, 0.717) is 24.9 Å². The molecule has 7 heteroatoms. The van der Waals surface area contributed by atoms with Crippen molar-refractivity contribution in [1.82, 2.24) is 9.97 Å². The summed E-state index contributed by atoms with van der Waals surface area (Å²) in [5.74, 6) is 0.320. The molecule has 0 saturated carbocycles. The van der Waals surface area contributed by atoms with E-state index in [2.05, 4.69) is 31.2 Å². The van der Waals surface area contributed by atoms with Crippen molar-refractivity contribution >= 4 is 33.5 Å². The highest BCUT2D eigenvalue weighted by Crippen LogP contribution is 2.20. The van der Waals surface area contributed by atoms with Crippen molar-refractivity contribution < 1.29 is 9.53 Å². The van der Waals surface area contributed by atoms with Gasteiger partial charge in [-0.2, -0.15) is 0 Å². The molecule has 1 aromatic heterocycles. The molecule has 0 atom stereocenters. The van der Waals surface area contributed by atoms with Crippen LogP contribution in [0.15, 0.2) is 34.9 Å². The molecule has 0 unspecified atom stereocenters. The van der Waals surface area contributed by atoms with Crippen LogP contribution in [-0.4, -0.2) is 42.2 Å². The van der Waals surface area contributed by atoms with E-state index >= 15 is 0 Å². The number of aryl methyl sites for hydroxylation is 1. The lowest BCUT2D eigenvalue weighted by Crippen LogP contribution is -2.37. The van der Waals surface area contributed by atoms with E-state index in [4.69, 9.17) is 4.74 Å². The van der Waals surface area contributed by atoms with E-state index in [0.717, 1.165) is 28.8 Å². The fourth-order valence-corrected chi connectivity index (χ4v) is 2.82. The van der Waals surface area contributed by atoms with Crippen LogP contribution >= 0.6 is 15.9 Å². The highest BCUT2D eigenvalue weighted by molar-refractivity contribution is 9.10. The lowest BCUT2D eigenvalue weighted by atomic mass is 10.2. The van der Waals surface area contributed by atoms with Gasteiger partial charge in [0, 0.05) is 29.4 Å². The molecule has 1 aromatic carbocycles. The highest BCUT2D eigenvalue weighted by Gasteiger charge is 2.16. The molecule has 1 fully saturated rings. The smallest absolute Gasteiger partial charge is 0.274 e. The number of rotatable bonds is 3. The maximum Gasteiger partial charge on any atom is 0.274 e. The topological polar surface area (TPSA) is 67.4 Å². The number of hydrogen-bond acceptors (Lipinski definition) is 5. The predicted octanol–water partition coefficient (Wildman–Crippen LogP) is 2.64. The van der Waals surface area contributed by atoms with E-state index in [1.807, 2.05) is 30.0 Å². The molecule has 0 bridgehead atoms. The molecule has 1 aliphatic rings. The number of carbonyl (C=O) groups is 1. The summed E-state index contributed by atoms with van der Waals surface area (Å²) in [4.78, 5) is 23.1. The summed E-state index contributed by atoms with van der Waals surface area (Å²) in [5.41, 5.74) is 2.10. The Balaban J connectivity index is 1.76. The van der Waals surface area contributed by atoms with Crippen LogP contribution in [0.3, 0.4) is 0 Å². The van der Waals surface area contributed by atoms with Gasteiger partial charge in [-0.3, -0.25) is 4.79 Å². The zero-order valence-electron chi connectivity index (χ0n) is 12.8. The molecule has 23 heavy (non-hydrogen) atoms. The van der Waals surface area contributed by atoms with E-state index in [1.54, 1.807) is 12.3 Å². The Morgan fingerprint density at radius 1 is 1.30 bits per heavy atom. The average Bonchev–Trinajstić information content (AvgIpc) is 2.58. The summed E-state index contributed by atoms with van der Waals surface area (Å²) in [7, 11) is 0. The van der Waals surface area contributed by atoms with Gasteiger partial charge in [-0.05, 0) is 36.8 Å². The van der Waals surface area contributed by atoms with Crippen molar-refractivity contribution in [3.05, 3.63) is 46.2 Å². The lowest BCUT2D eigenvalue weighted by Gasteiger charge is -2.26. The summed E-state index contributed by atoms with van der Waals surface area (Å²) in [5, 5.41) is 2.89. The summed E-state index contributed by atoms with van der Waals surface area (Å²) in [6.07, 6.45) is 1.61. The zero-order chi connectivity index (χ0) is 16.2. The molecule has 2 aromatic rings. The molecule has 1 saturated heterocycles. The molecular weight excluding hydrogens is 360 g/mol. The second kappa shape index (κ2) is 7.06. The second-order valence-corrected chi connectivity index (χ2v) is 6.17. The van der Waals surface area contributed by atoms with E-state index in [-0.39, 0.29) is 5.91 Å². The Morgan fingerprint density at radius 3 is 2.83 bits per heavy atom. The first-order valence-electron chi connectivity index (χ1n) is 7.37. The van der Waals surface area contributed by atoms with Crippen molar-refractivity contribution in [2.24, 2.45) is 0 Å². The minimum absolute atomic E-state index is 0.243. The van der Waals surface area contributed by atoms with E-state index in [9.17, 15) is 4.79 Å². The van der Waals surface area contributed by atoms with Crippen LogP contribution in [0.4, 0.5) is 11.6 Å². The van der Waals surface area contributed by atoms with Crippen LogP contribution in [0, 0.1) is 6.92 Å². The Bertz CT molecular complexity index is 717. The van der Waals surface area contributed by atoms with Gasteiger partial charge in [-0.25, -0.2) is 9.97 Å². The standard InChI is InChI=1S/C16H17BrN4O2/c1-11-10-12(17)2-3-13(11)19-15(22)14-4-5-18-16(20-14)21-6-8-23-9-7-21/h2-5,10H,6-9H2,1H3,(H,19,22). The maximum atomic E-state index is 12.4. The molecule has 1 N–H and O–H groups in total. The van der Waals surface area contributed by atoms with Gasteiger partial charge in [0.2, 0.25) is 5.95 Å². The largest absolute Gasteiger partial charge is 0.378 e. The number of anilines is 2. The van der Waals surface area contributed by atoms with Gasteiger partial charge in [0.05, 0.1) is 13.2 Å². The normalized spacial score (nSPS) is 14.6. The Morgan fingerprint density at radius 2 is 2.09 bits per heavy atom. The molecule has 0 aliphatic carbocycles. The third-order valence-corrected chi connectivity index (χ3v) is 4.10. The first kappa shape index (κ1) is 15.9. The van der Waals surface area contributed by atoms with Crippen molar-refractivity contribution in [2.45, 2.75) is 6.92 Å². The Labute approximate surface area is 143 Å². The van der Waals surface area contributed by atoms with E-state index < -0.39 is 0 Å². The summed E-state index contributed by atoms with van der Waals surface area (Å²) in [6.45, 7) is 4.71. The van der Waals surface area contributed by atoms with Crippen molar-refractivity contribution in [1.29, 1.82) is 0 Å². The molecular formula is C16H17BrN4O2. The number of carbonyl (C=O) groups excluding carboxylic acids is 1. The Kier molecular flexibility index (Phi) is 4.88.